The molecular formula is C19H24F3N5O2. The van der Waals surface area contributed by atoms with E-state index in [1.807, 2.05) is 25.7 Å². The summed E-state index contributed by atoms with van der Waals surface area (Å²) in [6, 6.07) is 4.37. The normalized spacial score (nSPS) is 16.3. The first-order valence-electron chi connectivity index (χ1n) is 9.32. The minimum Gasteiger partial charge on any atom is -0.340 e. The van der Waals surface area contributed by atoms with Crippen LogP contribution in [0.15, 0.2) is 18.2 Å². The summed E-state index contributed by atoms with van der Waals surface area (Å²) in [5.74, 6) is -1.25. The fourth-order valence-electron chi connectivity index (χ4n) is 3.21. The minimum absolute atomic E-state index is 0.0905. The van der Waals surface area contributed by atoms with E-state index >= 15 is 0 Å². The summed E-state index contributed by atoms with van der Waals surface area (Å²) in [6.45, 7) is 8.07. The molecule has 0 atom stereocenters. The summed E-state index contributed by atoms with van der Waals surface area (Å²) >= 11 is 0. The van der Waals surface area contributed by atoms with Gasteiger partial charge in [-0.05, 0) is 18.2 Å². The van der Waals surface area contributed by atoms with Crippen LogP contribution in [-0.2, 0) is 15.8 Å². The Morgan fingerprint density at radius 2 is 1.79 bits per heavy atom. The van der Waals surface area contributed by atoms with Crippen LogP contribution in [0.3, 0.4) is 0 Å². The Labute approximate surface area is 166 Å². The topological polar surface area (TPSA) is 81.3 Å². The highest BCUT2D eigenvalue weighted by molar-refractivity contribution is 5.94. The van der Waals surface area contributed by atoms with Crippen LogP contribution < -0.4 is 5.32 Å². The monoisotopic (exact) mass is 411 g/mol. The smallest absolute Gasteiger partial charge is 0.340 e. The number of rotatable bonds is 3. The van der Waals surface area contributed by atoms with Crippen LogP contribution in [0.1, 0.15) is 26.6 Å². The van der Waals surface area contributed by atoms with E-state index in [-0.39, 0.29) is 29.4 Å². The van der Waals surface area contributed by atoms with Crippen LogP contribution in [0.25, 0.3) is 11.0 Å². The molecule has 0 radical (unpaired) electrons. The van der Waals surface area contributed by atoms with Gasteiger partial charge in [-0.1, -0.05) is 20.8 Å². The van der Waals surface area contributed by atoms with Gasteiger partial charge in [-0.25, -0.2) is 4.98 Å². The third-order valence-electron chi connectivity index (χ3n) is 4.70. The summed E-state index contributed by atoms with van der Waals surface area (Å²) in [5, 5.41) is 2.70. The number of carbonyl (C=O) groups excluding carboxylic acids is 2. The zero-order valence-electron chi connectivity index (χ0n) is 16.6. The summed E-state index contributed by atoms with van der Waals surface area (Å²) < 4.78 is 38.2. The Balaban J connectivity index is 1.55. The van der Waals surface area contributed by atoms with Crippen LogP contribution >= 0.6 is 0 Å². The first-order chi connectivity index (χ1) is 13.4. The number of carbonyl (C=O) groups is 2. The van der Waals surface area contributed by atoms with Gasteiger partial charge in [-0.2, -0.15) is 13.2 Å². The van der Waals surface area contributed by atoms with Crippen molar-refractivity contribution in [3.63, 3.8) is 0 Å². The number of nitrogens with one attached hydrogen (secondary N) is 2. The number of hydrogen-bond acceptors (Lipinski definition) is 4. The molecule has 1 aromatic heterocycles. The molecule has 1 saturated heterocycles. The van der Waals surface area contributed by atoms with Gasteiger partial charge >= 0.3 is 6.18 Å². The molecule has 2 amide bonds. The fourth-order valence-corrected chi connectivity index (χ4v) is 3.21. The molecule has 7 nitrogen and oxygen atoms in total. The van der Waals surface area contributed by atoms with Gasteiger partial charge in [0.2, 0.25) is 17.6 Å². The van der Waals surface area contributed by atoms with Crippen LogP contribution in [0.4, 0.5) is 18.9 Å². The predicted molar refractivity (Wildman–Crippen MR) is 102 cm³/mol. The second-order valence-electron chi connectivity index (χ2n) is 8.18. The van der Waals surface area contributed by atoms with Crippen molar-refractivity contribution in [1.29, 1.82) is 0 Å². The predicted octanol–water partition coefficient (Wildman–Crippen LogP) is 2.71. The van der Waals surface area contributed by atoms with Gasteiger partial charge in [-0.15, -0.1) is 0 Å². The van der Waals surface area contributed by atoms with Gasteiger partial charge in [0, 0.05) is 37.3 Å². The van der Waals surface area contributed by atoms with Crippen molar-refractivity contribution in [3.8, 4) is 0 Å². The summed E-state index contributed by atoms with van der Waals surface area (Å²) in [4.78, 5) is 34.1. The molecule has 0 spiro atoms. The maximum Gasteiger partial charge on any atom is 0.449 e. The molecule has 2 N–H and O–H groups in total. The molecule has 158 valence electrons. The van der Waals surface area contributed by atoms with Gasteiger partial charge in [0.15, 0.2) is 0 Å². The van der Waals surface area contributed by atoms with E-state index in [1.165, 1.54) is 18.2 Å². The van der Waals surface area contributed by atoms with Crippen LogP contribution in [-0.4, -0.2) is 64.3 Å². The molecule has 10 heteroatoms. The SMILES string of the molecule is CC(C)(C)C(=O)N1CCN(CC(=O)Nc2ccc3nc(C(F)(F)F)[nH]c3c2)CC1. The Morgan fingerprint density at radius 1 is 1.14 bits per heavy atom. The Hall–Kier alpha value is -2.62. The number of halogens is 3. The average Bonchev–Trinajstić information content (AvgIpc) is 3.04. The zero-order chi connectivity index (χ0) is 21.4. The molecule has 2 heterocycles. The number of nitrogens with zero attached hydrogens (tertiary/aromatic N) is 3. The summed E-state index contributed by atoms with van der Waals surface area (Å²) in [5.41, 5.74) is 0.331. The Bertz CT molecular complexity index is 909. The van der Waals surface area contributed by atoms with Crippen molar-refractivity contribution in [2.45, 2.75) is 26.9 Å². The van der Waals surface area contributed by atoms with Gasteiger partial charge < -0.3 is 15.2 Å². The molecule has 0 saturated carbocycles. The van der Waals surface area contributed by atoms with Gasteiger partial charge in [0.1, 0.15) is 0 Å². The molecule has 1 aromatic carbocycles. The zero-order valence-corrected chi connectivity index (χ0v) is 16.6. The molecular weight excluding hydrogens is 387 g/mol. The standard InChI is InChI=1S/C19H24F3N5O2/c1-18(2,3)17(29)27-8-6-26(7-9-27)11-15(28)23-12-4-5-13-14(10-12)25-16(24-13)19(20,21)22/h4-5,10H,6-9,11H2,1-3H3,(H,23,28)(H,24,25). The first kappa shape index (κ1) is 21.1. The highest BCUT2D eigenvalue weighted by atomic mass is 19.4. The molecule has 0 aliphatic carbocycles. The lowest BCUT2D eigenvalue weighted by atomic mass is 9.94. The quantitative estimate of drug-likeness (QED) is 0.814. The molecule has 29 heavy (non-hydrogen) atoms. The number of piperazine rings is 1. The number of hydrogen-bond donors (Lipinski definition) is 2. The van der Waals surface area contributed by atoms with Crippen molar-refractivity contribution < 1.29 is 22.8 Å². The third-order valence-corrected chi connectivity index (χ3v) is 4.70. The van der Waals surface area contributed by atoms with Gasteiger partial charge in [0.05, 0.1) is 17.6 Å². The number of fused-ring (bicyclic) bond motifs is 1. The van der Waals surface area contributed by atoms with Crippen molar-refractivity contribution in [2.24, 2.45) is 5.41 Å². The maximum absolute atomic E-state index is 12.7. The van der Waals surface area contributed by atoms with Crippen molar-refractivity contribution in [1.82, 2.24) is 19.8 Å². The van der Waals surface area contributed by atoms with Crippen molar-refractivity contribution in [2.75, 3.05) is 38.0 Å². The van der Waals surface area contributed by atoms with Crippen LogP contribution in [0.5, 0.6) is 0 Å². The Kier molecular flexibility index (Phi) is 5.57. The summed E-state index contributed by atoms with van der Waals surface area (Å²) in [6.07, 6.45) is -4.56. The van der Waals surface area contributed by atoms with E-state index in [9.17, 15) is 22.8 Å². The van der Waals surface area contributed by atoms with E-state index in [0.717, 1.165) is 0 Å². The highest BCUT2D eigenvalue weighted by Gasteiger charge is 2.34. The second-order valence-corrected chi connectivity index (χ2v) is 8.18. The largest absolute Gasteiger partial charge is 0.449 e. The molecule has 1 aliphatic heterocycles. The minimum atomic E-state index is -4.56. The van der Waals surface area contributed by atoms with Crippen LogP contribution in [0, 0.1) is 5.41 Å². The number of amides is 2. The third kappa shape index (κ3) is 5.06. The second kappa shape index (κ2) is 7.66. The molecule has 0 unspecified atom stereocenters. The van der Waals surface area contributed by atoms with E-state index < -0.39 is 17.4 Å². The summed E-state index contributed by atoms with van der Waals surface area (Å²) in [7, 11) is 0. The molecule has 0 bridgehead atoms. The van der Waals surface area contributed by atoms with Gasteiger partial charge in [0.25, 0.3) is 0 Å². The van der Waals surface area contributed by atoms with Crippen molar-refractivity contribution >= 4 is 28.5 Å². The Morgan fingerprint density at radius 3 is 2.38 bits per heavy atom. The molecule has 3 rings (SSSR count). The first-order valence-corrected chi connectivity index (χ1v) is 9.32. The number of imidazole rings is 1. The average molecular weight is 411 g/mol. The van der Waals surface area contributed by atoms with E-state index in [4.69, 9.17) is 0 Å². The van der Waals surface area contributed by atoms with Crippen molar-refractivity contribution in [3.05, 3.63) is 24.0 Å². The lowest BCUT2D eigenvalue weighted by Gasteiger charge is -2.37. The van der Waals surface area contributed by atoms with E-state index in [1.54, 1.807) is 4.90 Å². The van der Waals surface area contributed by atoms with E-state index in [2.05, 4.69) is 15.3 Å². The van der Waals surface area contributed by atoms with Gasteiger partial charge in [-0.3, -0.25) is 14.5 Å². The number of H-pyrrole nitrogens is 1. The molecule has 2 aromatic rings. The van der Waals surface area contributed by atoms with Crippen LogP contribution in [0.2, 0.25) is 0 Å². The fraction of sp³-hybridized carbons (Fsp3) is 0.526. The highest BCUT2D eigenvalue weighted by Crippen LogP contribution is 2.29. The lowest BCUT2D eigenvalue weighted by Crippen LogP contribution is -2.52. The number of alkyl halides is 3. The lowest BCUT2D eigenvalue weighted by molar-refractivity contribution is -0.144. The number of benzene rings is 1. The molecule has 1 fully saturated rings. The number of anilines is 1. The molecule has 1 aliphatic rings. The number of aromatic amines is 1. The number of aromatic nitrogens is 2. The maximum atomic E-state index is 12.7. The van der Waals surface area contributed by atoms with E-state index in [0.29, 0.717) is 31.9 Å².